The monoisotopic (exact) mass is 500 g/mol. The molecule has 3 aromatic rings. The summed E-state index contributed by atoms with van der Waals surface area (Å²) in [5.41, 5.74) is 4.45. The van der Waals surface area contributed by atoms with E-state index in [0.717, 1.165) is 76.1 Å². The first-order valence-corrected chi connectivity index (χ1v) is 11.6. The summed E-state index contributed by atoms with van der Waals surface area (Å²) in [6.45, 7) is 4.59. The molecule has 2 heterocycles. The lowest BCUT2D eigenvalue weighted by molar-refractivity contribution is 0.312. The van der Waals surface area contributed by atoms with Crippen molar-refractivity contribution in [2.45, 2.75) is 13.0 Å². The smallest absolute Gasteiger partial charge is 0.123 e. The summed E-state index contributed by atoms with van der Waals surface area (Å²) in [6.07, 6.45) is 8.53. The molecule has 0 spiro atoms. The van der Waals surface area contributed by atoms with Gasteiger partial charge in [-0.15, -0.1) is 0 Å². The number of imidazole rings is 1. The minimum Gasteiger partial charge on any atom is -0.493 e. The van der Waals surface area contributed by atoms with E-state index in [1.807, 2.05) is 24.4 Å². The fourth-order valence-corrected chi connectivity index (χ4v) is 4.22. The summed E-state index contributed by atoms with van der Waals surface area (Å²) in [7, 11) is 0. The predicted molar refractivity (Wildman–Crippen MR) is 130 cm³/mol. The van der Waals surface area contributed by atoms with Gasteiger partial charge in [-0.3, -0.25) is 0 Å². The van der Waals surface area contributed by atoms with Gasteiger partial charge >= 0.3 is 0 Å². The lowest BCUT2D eigenvalue weighted by Gasteiger charge is -2.27. The Kier molecular flexibility index (Phi) is 7.81. The molecule has 0 atom stereocenters. The van der Waals surface area contributed by atoms with Crippen LogP contribution in [0.25, 0.3) is 12.2 Å². The number of hydrogen-bond donors (Lipinski definition) is 3. The van der Waals surface area contributed by atoms with Crippen LogP contribution in [-0.4, -0.2) is 36.2 Å². The Balaban J connectivity index is 1.44. The first-order chi connectivity index (χ1) is 15.2. The molecule has 0 saturated carbocycles. The lowest BCUT2D eigenvalue weighted by atomic mass is 10.0. The number of nitrogens with zero attached hydrogens (tertiary/aromatic N) is 1. The molecule has 0 bridgehead atoms. The molecule has 2 aromatic carbocycles. The van der Waals surface area contributed by atoms with E-state index in [4.69, 9.17) is 16.3 Å². The van der Waals surface area contributed by atoms with E-state index in [-0.39, 0.29) is 0 Å². The molecule has 0 radical (unpaired) electrons. The van der Waals surface area contributed by atoms with Crippen LogP contribution < -0.4 is 15.4 Å². The van der Waals surface area contributed by atoms with Gasteiger partial charge in [-0.1, -0.05) is 51.8 Å². The van der Waals surface area contributed by atoms with Crippen LogP contribution >= 0.6 is 27.5 Å². The van der Waals surface area contributed by atoms with Crippen LogP contribution in [-0.2, 0) is 13.0 Å². The van der Waals surface area contributed by atoms with Crippen molar-refractivity contribution in [1.29, 1.82) is 0 Å². The van der Waals surface area contributed by atoms with Gasteiger partial charge in [-0.05, 0) is 41.3 Å². The minimum atomic E-state index is 0.606. The maximum Gasteiger partial charge on any atom is 0.123 e. The van der Waals surface area contributed by atoms with Crippen molar-refractivity contribution in [3.05, 3.63) is 80.8 Å². The molecule has 31 heavy (non-hydrogen) atoms. The molecule has 3 N–H and O–H groups in total. The number of hydrogen-bond acceptors (Lipinski definition) is 4. The Morgan fingerprint density at radius 1 is 1.19 bits per heavy atom. The number of ether oxygens (including phenoxy) is 1. The normalized spacial score (nSPS) is 14.1. The number of nitrogens with one attached hydrogen (secondary N) is 3. The average molecular weight is 502 g/mol. The number of rotatable bonds is 10. The third-order valence-electron chi connectivity index (χ3n) is 5.30. The zero-order valence-electron chi connectivity index (χ0n) is 17.2. The van der Waals surface area contributed by atoms with Gasteiger partial charge in [0.15, 0.2) is 0 Å². The van der Waals surface area contributed by atoms with Gasteiger partial charge in [0.1, 0.15) is 5.75 Å². The molecule has 0 unspecified atom stereocenters. The Labute approximate surface area is 196 Å². The van der Waals surface area contributed by atoms with E-state index < -0.39 is 0 Å². The van der Waals surface area contributed by atoms with Gasteiger partial charge in [-0.2, -0.15) is 0 Å². The van der Waals surface area contributed by atoms with Gasteiger partial charge in [0.25, 0.3) is 0 Å². The molecule has 7 heteroatoms. The predicted octanol–water partition coefficient (Wildman–Crippen LogP) is 4.93. The van der Waals surface area contributed by atoms with E-state index >= 15 is 0 Å². The second kappa shape index (κ2) is 11.0. The fraction of sp³-hybridized carbons (Fsp3) is 0.292. The molecule has 5 nitrogen and oxygen atoms in total. The highest BCUT2D eigenvalue weighted by Crippen LogP contribution is 2.25. The number of benzene rings is 2. The third-order valence-corrected chi connectivity index (χ3v) is 6.22. The van der Waals surface area contributed by atoms with Crippen LogP contribution in [0.3, 0.4) is 0 Å². The SMILES string of the molecule is Clc1ccc(/C=C/c2ccc(OCCc3cnc[nH]3)c(CNCC3CNC3)c2)c(Br)c1. The number of H-pyrrole nitrogens is 1. The fourth-order valence-electron chi connectivity index (χ4n) is 3.40. The highest BCUT2D eigenvalue weighted by molar-refractivity contribution is 9.10. The molecular weight excluding hydrogens is 476 g/mol. The molecule has 4 rings (SSSR count). The molecule has 1 aliphatic heterocycles. The van der Waals surface area contributed by atoms with E-state index in [1.165, 1.54) is 0 Å². The highest BCUT2D eigenvalue weighted by Gasteiger charge is 2.16. The van der Waals surface area contributed by atoms with E-state index in [2.05, 4.69) is 66.9 Å². The van der Waals surface area contributed by atoms with Crippen molar-refractivity contribution in [3.63, 3.8) is 0 Å². The van der Waals surface area contributed by atoms with E-state index in [9.17, 15) is 0 Å². The second-order valence-electron chi connectivity index (χ2n) is 7.70. The van der Waals surface area contributed by atoms with Crippen LogP contribution in [0.1, 0.15) is 22.4 Å². The Hall–Kier alpha value is -2.12. The summed E-state index contributed by atoms with van der Waals surface area (Å²) in [5.74, 6) is 1.64. The van der Waals surface area contributed by atoms with Crippen molar-refractivity contribution in [2.75, 3.05) is 26.2 Å². The van der Waals surface area contributed by atoms with Gasteiger partial charge in [-0.25, -0.2) is 4.98 Å². The van der Waals surface area contributed by atoms with Crippen molar-refractivity contribution in [3.8, 4) is 5.75 Å². The molecule has 1 saturated heterocycles. The Bertz CT molecular complexity index is 1020. The molecular formula is C24H26BrClN4O. The van der Waals surface area contributed by atoms with Crippen LogP contribution in [0.2, 0.25) is 5.02 Å². The van der Waals surface area contributed by atoms with Crippen LogP contribution in [0.4, 0.5) is 0 Å². The summed E-state index contributed by atoms with van der Waals surface area (Å²) < 4.78 is 7.09. The first kappa shape index (κ1) is 22.1. The maximum atomic E-state index is 6.11. The van der Waals surface area contributed by atoms with Crippen molar-refractivity contribution < 1.29 is 4.74 Å². The topological polar surface area (TPSA) is 62.0 Å². The van der Waals surface area contributed by atoms with Gasteiger partial charge in [0.2, 0.25) is 0 Å². The van der Waals surface area contributed by atoms with Crippen LogP contribution in [0, 0.1) is 5.92 Å². The quantitative estimate of drug-likeness (QED) is 0.345. The Morgan fingerprint density at radius 3 is 2.84 bits per heavy atom. The molecule has 0 amide bonds. The molecule has 0 aliphatic carbocycles. The summed E-state index contributed by atoms with van der Waals surface area (Å²) in [5, 5.41) is 7.62. The largest absolute Gasteiger partial charge is 0.493 e. The number of aromatic amines is 1. The lowest BCUT2D eigenvalue weighted by Crippen LogP contribution is -2.47. The summed E-state index contributed by atoms with van der Waals surface area (Å²) in [4.78, 5) is 7.18. The summed E-state index contributed by atoms with van der Waals surface area (Å²) >= 11 is 9.62. The first-order valence-electron chi connectivity index (χ1n) is 10.4. The molecule has 1 aromatic heterocycles. The number of aromatic nitrogens is 2. The Morgan fingerprint density at radius 2 is 2.10 bits per heavy atom. The maximum absolute atomic E-state index is 6.11. The van der Waals surface area contributed by atoms with Crippen LogP contribution in [0.15, 0.2) is 53.4 Å². The standard InChI is InChI=1S/C24H26BrClN4O/c25-23-10-21(26)5-4-19(23)3-1-17-2-6-24(31-8-7-22-15-29-16-30-22)20(9-17)14-28-13-18-11-27-12-18/h1-6,9-10,15-16,18,27-28H,7-8,11-14H2,(H,29,30)/b3-1+. The van der Waals surface area contributed by atoms with Gasteiger partial charge < -0.3 is 20.4 Å². The van der Waals surface area contributed by atoms with Crippen molar-refractivity contribution in [2.24, 2.45) is 5.92 Å². The zero-order chi connectivity index (χ0) is 21.5. The second-order valence-corrected chi connectivity index (χ2v) is 8.99. The molecule has 1 aliphatic rings. The zero-order valence-corrected chi connectivity index (χ0v) is 19.5. The molecule has 1 fully saturated rings. The van der Waals surface area contributed by atoms with Crippen molar-refractivity contribution in [1.82, 2.24) is 20.6 Å². The third kappa shape index (κ3) is 6.43. The van der Waals surface area contributed by atoms with Crippen molar-refractivity contribution >= 4 is 39.7 Å². The average Bonchev–Trinajstić information content (AvgIpc) is 3.24. The number of halogens is 2. The highest BCUT2D eigenvalue weighted by atomic mass is 79.9. The van der Waals surface area contributed by atoms with E-state index in [0.29, 0.717) is 6.61 Å². The van der Waals surface area contributed by atoms with Crippen LogP contribution in [0.5, 0.6) is 5.75 Å². The summed E-state index contributed by atoms with van der Waals surface area (Å²) in [6, 6.07) is 12.1. The van der Waals surface area contributed by atoms with Gasteiger partial charge in [0, 0.05) is 59.5 Å². The van der Waals surface area contributed by atoms with Gasteiger partial charge in [0.05, 0.1) is 12.9 Å². The minimum absolute atomic E-state index is 0.606. The molecule has 162 valence electrons. The van der Waals surface area contributed by atoms with E-state index in [1.54, 1.807) is 6.33 Å².